The minimum Gasteiger partial charge on any atom is -0.361 e. The van der Waals surface area contributed by atoms with Crippen LogP contribution in [0.3, 0.4) is 0 Å². The summed E-state index contributed by atoms with van der Waals surface area (Å²) in [6.45, 7) is 0. The summed E-state index contributed by atoms with van der Waals surface area (Å²) >= 11 is 5.94. The number of aromatic amines is 2. The first-order valence-corrected chi connectivity index (χ1v) is 9.17. The van der Waals surface area contributed by atoms with Crippen molar-refractivity contribution < 1.29 is 4.79 Å². The zero-order valence-electron chi connectivity index (χ0n) is 14.7. The van der Waals surface area contributed by atoms with E-state index in [4.69, 9.17) is 11.6 Å². The summed E-state index contributed by atoms with van der Waals surface area (Å²) in [6, 6.07) is 17.0. The number of hydrogen-bond acceptors (Lipinski definition) is 3. The average molecular weight is 387 g/mol. The average Bonchev–Trinajstić information content (AvgIpc) is 3.35. The number of benzene rings is 2. The van der Waals surface area contributed by atoms with E-state index < -0.39 is 0 Å². The van der Waals surface area contributed by atoms with Gasteiger partial charge in [0.25, 0.3) is 0 Å². The molecule has 6 heteroatoms. The second kappa shape index (κ2) is 6.55. The fraction of sp³-hybridized carbons (Fsp3) is 0. The molecular weight excluding hydrogens is 372 g/mol. The molecule has 0 atom stereocenters. The number of carbonyl (C=O) groups is 1. The van der Waals surface area contributed by atoms with E-state index in [0.717, 1.165) is 27.7 Å². The Hall–Kier alpha value is -3.57. The summed E-state index contributed by atoms with van der Waals surface area (Å²) in [6.07, 6.45) is 5.29. The molecular formula is C22H15ClN4O. The van der Waals surface area contributed by atoms with Crippen LogP contribution in [0.1, 0.15) is 15.9 Å². The monoisotopic (exact) mass is 386 g/mol. The molecule has 3 heterocycles. The fourth-order valence-corrected chi connectivity index (χ4v) is 3.51. The molecule has 5 rings (SSSR count). The first-order valence-electron chi connectivity index (χ1n) is 8.79. The molecule has 136 valence electrons. The molecule has 0 aliphatic heterocycles. The molecule has 0 radical (unpaired) electrons. The van der Waals surface area contributed by atoms with Crippen LogP contribution in [0.2, 0.25) is 5.02 Å². The maximum Gasteiger partial charge on any atom is 0.195 e. The molecule has 2 aromatic carbocycles. The lowest BCUT2D eigenvalue weighted by Crippen LogP contribution is -2.01. The largest absolute Gasteiger partial charge is 0.361 e. The van der Waals surface area contributed by atoms with Crippen LogP contribution >= 0.6 is 11.6 Å². The van der Waals surface area contributed by atoms with Crippen molar-refractivity contribution in [2.75, 3.05) is 5.32 Å². The van der Waals surface area contributed by atoms with E-state index in [-0.39, 0.29) is 5.78 Å². The molecule has 0 aliphatic rings. The van der Waals surface area contributed by atoms with Crippen LogP contribution in [0, 0.1) is 0 Å². The lowest BCUT2D eigenvalue weighted by Gasteiger charge is -2.07. The number of anilines is 2. The number of pyridine rings is 1. The number of ketones is 1. The second-order valence-corrected chi connectivity index (χ2v) is 6.96. The number of H-pyrrole nitrogens is 2. The molecule has 0 spiro atoms. The van der Waals surface area contributed by atoms with Gasteiger partial charge in [-0.05, 0) is 42.5 Å². The zero-order chi connectivity index (χ0) is 19.1. The van der Waals surface area contributed by atoms with Crippen molar-refractivity contribution in [1.82, 2.24) is 15.0 Å². The molecule has 0 fully saturated rings. The van der Waals surface area contributed by atoms with E-state index in [2.05, 4.69) is 20.3 Å². The van der Waals surface area contributed by atoms with Gasteiger partial charge >= 0.3 is 0 Å². The van der Waals surface area contributed by atoms with Gasteiger partial charge in [-0.3, -0.25) is 4.79 Å². The molecule has 0 saturated carbocycles. The molecule has 28 heavy (non-hydrogen) atoms. The molecule has 0 saturated heterocycles. The Morgan fingerprint density at radius 3 is 2.64 bits per heavy atom. The first-order chi connectivity index (χ1) is 13.7. The summed E-state index contributed by atoms with van der Waals surface area (Å²) in [5, 5.41) is 5.65. The van der Waals surface area contributed by atoms with Crippen molar-refractivity contribution in [3.63, 3.8) is 0 Å². The van der Waals surface area contributed by atoms with Gasteiger partial charge in [0, 0.05) is 50.5 Å². The van der Waals surface area contributed by atoms with Crippen LogP contribution in [0.25, 0.3) is 21.9 Å². The second-order valence-electron chi connectivity index (χ2n) is 6.53. The zero-order valence-corrected chi connectivity index (χ0v) is 15.4. The number of aromatic nitrogens is 3. The number of fused-ring (bicyclic) bond motifs is 2. The van der Waals surface area contributed by atoms with Crippen LogP contribution in [-0.4, -0.2) is 20.7 Å². The van der Waals surface area contributed by atoms with Crippen molar-refractivity contribution in [2.24, 2.45) is 0 Å². The Kier molecular flexibility index (Phi) is 3.88. The van der Waals surface area contributed by atoms with Crippen molar-refractivity contribution in [3.8, 4) is 0 Å². The van der Waals surface area contributed by atoms with E-state index in [1.807, 2.05) is 60.8 Å². The maximum absolute atomic E-state index is 13.2. The fourth-order valence-electron chi connectivity index (χ4n) is 3.39. The molecule has 3 N–H and O–H groups in total. The van der Waals surface area contributed by atoms with Gasteiger partial charge in [-0.15, -0.1) is 0 Å². The van der Waals surface area contributed by atoms with Gasteiger partial charge in [-0.2, -0.15) is 0 Å². The van der Waals surface area contributed by atoms with Crippen molar-refractivity contribution >= 4 is 50.7 Å². The Bertz CT molecular complexity index is 1320. The molecule has 0 amide bonds. The summed E-state index contributed by atoms with van der Waals surface area (Å²) in [5.74, 6) is -0.0399. The van der Waals surface area contributed by atoms with Gasteiger partial charge < -0.3 is 15.3 Å². The van der Waals surface area contributed by atoms with E-state index >= 15 is 0 Å². The lowest BCUT2D eigenvalue weighted by atomic mass is 10.00. The van der Waals surface area contributed by atoms with Gasteiger partial charge in [-0.25, -0.2) is 4.98 Å². The topological polar surface area (TPSA) is 73.6 Å². The number of rotatable bonds is 4. The van der Waals surface area contributed by atoms with Gasteiger partial charge in [0.15, 0.2) is 5.78 Å². The smallest absolute Gasteiger partial charge is 0.195 e. The SMILES string of the molecule is O=C(c1cccc2[nH]ccc12)c1c[nH]c2ncc(Nc3ccc(Cl)cc3)cc12. The normalized spacial score (nSPS) is 11.2. The first kappa shape index (κ1) is 16.6. The molecule has 0 aliphatic carbocycles. The van der Waals surface area contributed by atoms with Crippen LogP contribution in [-0.2, 0) is 0 Å². The van der Waals surface area contributed by atoms with Crippen molar-refractivity contribution in [1.29, 1.82) is 0 Å². The minimum absolute atomic E-state index is 0.0399. The predicted molar refractivity (Wildman–Crippen MR) is 113 cm³/mol. The third-order valence-electron chi connectivity index (χ3n) is 4.75. The van der Waals surface area contributed by atoms with E-state index in [1.165, 1.54) is 0 Å². The van der Waals surface area contributed by atoms with E-state index in [1.54, 1.807) is 12.4 Å². The van der Waals surface area contributed by atoms with Gasteiger partial charge in [-0.1, -0.05) is 23.7 Å². The molecule has 3 aromatic heterocycles. The standard InChI is InChI=1S/C22H15ClN4O/c23-13-4-6-14(7-5-13)27-15-10-18-19(12-26-22(18)25-11-15)21(28)17-2-1-3-20-16(17)8-9-24-20/h1-12,24,27H,(H,25,26). The van der Waals surface area contributed by atoms with Gasteiger partial charge in [0.1, 0.15) is 5.65 Å². The highest BCUT2D eigenvalue weighted by Crippen LogP contribution is 2.27. The van der Waals surface area contributed by atoms with Gasteiger partial charge in [0.05, 0.1) is 11.9 Å². The quantitative estimate of drug-likeness (QED) is 0.348. The molecule has 5 nitrogen and oxygen atoms in total. The van der Waals surface area contributed by atoms with E-state index in [9.17, 15) is 4.79 Å². The third kappa shape index (κ3) is 2.82. The lowest BCUT2D eigenvalue weighted by molar-refractivity contribution is 0.104. The highest BCUT2D eigenvalue weighted by Gasteiger charge is 2.17. The van der Waals surface area contributed by atoms with Gasteiger partial charge in [0.2, 0.25) is 0 Å². The third-order valence-corrected chi connectivity index (χ3v) is 5.00. The van der Waals surface area contributed by atoms with Crippen LogP contribution in [0.5, 0.6) is 0 Å². The molecule has 5 aromatic rings. The molecule has 0 bridgehead atoms. The summed E-state index contributed by atoms with van der Waals surface area (Å²) in [7, 11) is 0. The Morgan fingerprint density at radius 2 is 1.79 bits per heavy atom. The highest BCUT2D eigenvalue weighted by atomic mass is 35.5. The highest BCUT2D eigenvalue weighted by molar-refractivity contribution is 6.30. The summed E-state index contributed by atoms with van der Waals surface area (Å²) in [5.41, 5.74) is 4.56. The van der Waals surface area contributed by atoms with Crippen molar-refractivity contribution in [3.05, 3.63) is 89.3 Å². The maximum atomic E-state index is 13.2. The Morgan fingerprint density at radius 1 is 0.929 bits per heavy atom. The number of hydrogen-bond donors (Lipinski definition) is 3. The van der Waals surface area contributed by atoms with Crippen molar-refractivity contribution in [2.45, 2.75) is 0 Å². The number of nitrogens with zero attached hydrogens (tertiary/aromatic N) is 1. The summed E-state index contributed by atoms with van der Waals surface area (Å²) in [4.78, 5) is 23.9. The van der Waals surface area contributed by atoms with Crippen LogP contribution < -0.4 is 5.32 Å². The van der Waals surface area contributed by atoms with E-state index in [0.29, 0.717) is 21.8 Å². The number of carbonyl (C=O) groups excluding carboxylic acids is 1. The van der Waals surface area contributed by atoms with Crippen LogP contribution in [0.15, 0.2) is 73.2 Å². The predicted octanol–water partition coefficient (Wildman–Crippen LogP) is 5.67. The number of nitrogens with one attached hydrogen (secondary N) is 3. The minimum atomic E-state index is -0.0399. The van der Waals surface area contributed by atoms with Crippen LogP contribution in [0.4, 0.5) is 11.4 Å². The number of halogens is 1. The summed E-state index contributed by atoms with van der Waals surface area (Å²) < 4.78 is 0. The Balaban J connectivity index is 1.55. The molecule has 0 unspecified atom stereocenters. The Labute approximate surface area is 165 Å².